The van der Waals surface area contributed by atoms with Crippen LogP contribution in [-0.2, 0) is 12.1 Å². The summed E-state index contributed by atoms with van der Waals surface area (Å²) >= 11 is 1.78. The largest absolute Gasteiger partial charge is 0.323 e. The maximum Gasteiger partial charge on any atom is 0.184 e. The lowest BCUT2D eigenvalue weighted by Gasteiger charge is -2.36. The summed E-state index contributed by atoms with van der Waals surface area (Å²) in [5.41, 5.74) is 9.12. The van der Waals surface area contributed by atoms with Crippen molar-refractivity contribution in [3.05, 3.63) is 178 Å². The van der Waals surface area contributed by atoms with Crippen LogP contribution >= 0.6 is 11.3 Å². The van der Waals surface area contributed by atoms with Crippen molar-refractivity contribution in [2.45, 2.75) is 51.6 Å². The van der Waals surface area contributed by atoms with E-state index >= 15 is 0 Å². The van der Waals surface area contributed by atoms with Gasteiger partial charge in [0.05, 0.1) is 5.52 Å². The summed E-state index contributed by atoms with van der Waals surface area (Å²) in [6, 6.07) is 49.0. The maximum absolute atomic E-state index is 5.14. The summed E-state index contributed by atoms with van der Waals surface area (Å²) in [7, 11) is 0. The lowest BCUT2D eigenvalue weighted by atomic mass is 9.77. The SMILES string of the molecule is CCCC(C)c1nc2c(C)scc2n1Cc1ccc(-c2ccccc2-c2nnnn2C(c2ccccc2)(c2ccccc2)c2ccccc2)cc1. The molecule has 51 heavy (non-hydrogen) atoms. The Balaban J connectivity index is 1.23. The summed E-state index contributed by atoms with van der Waals surface area (Å²) in [6.07, 6.45) is 2.26. The Morgan fingerprint density at radius 1 is 0.706 bits per heavy atom. The van der Waals surface area contributed by atoms with Crippen molar-refractivity contribution >= 4 is 22.4 Å². The van der Waals surface area contributed by atoms with Gasteiger partial charge in [-0.05, 0) is 57.2 Å². The fraction of sp³-hybridized carbons (Fsp3) is 0.182. The smallest absolute Gasteiger partial charge is 0.184 e. The number of thiophene rings is 1. The molecule has 0 fully saturated rings. The molecular formula is C44H40N6S. The Morgan fingerprint density at radius 2 is 1.27 bits per heavy atom. The molecule has 3 heterocycles. The zero-order valence-corrected chi connectivity index (χ0v) is 30.0. The molecule has 8 rings (SSSR count). The first-order chi connectivity index (χ1) is 25.1. The van der Waals surface area contributed by atoms with E-state index in [1.54, 1.807) is 11.3 Å². The van der Waals surface area contributed by atoms with Crippen molar-refractivity contribution in [3.8, 4) is 22.5 Å². The zero-order chi connectivity index (χ0) is 34.8. The van der Waals surface area contributed by atoms with Crippen LogP contribution in [0, 0.1) is 6.92 Å². The number of fused-ring (bicyclic) bond motifs is 1. The van der Waals surface area contributed by atoms with E-state index in [4.69, 9.17) is 15.3 Å². The van der Waals surface area contributed by atoms with E-state index in [-0.39, 0.29) is 0 Å². The summed E-state index contributed by atoms with van der Waals surface area (Å²) < 4.78 is 4.43. The highest BCUT2D eigenvalue weighted by Gasteiger charge is 2.42. The van der Waals surface area contributed by atoms with Crippen LogP contribution in [0.3, 0.4) is 0 Å². The second kappa shape index (κ2) is 13.9. The molecule has 0 aliphatic rings. The van der Waals surface area contributed by atoms with Gasteiger partial charge in [0, 0.05) is 28.3 Å². The third kappa shape index (κ3) is 5.77. The highest BCUT2D eigenvalue weighted by atomic mass is 32.1. The highest BCUT2D eigenvalue weighted by Crippen LogP contribution is 2.43. The summed E-state index contributed by atoms with van der Waals surface area (Å²) in [6.45, 7) is 7.50. The van der Waals surface area contributed by atoms with Gasteiger partial charge in [0.1, 0.15) is 16.9 Å². The first-order valence-electron chi connectivity index (χ1n) is 17.7. The third-order valence-electron chi connectivity index (χ3n) is 10.0. The molecule has 0 N–H and O–H groups in total. The number of aromatic nitrogens is 6. The van der Waals surface area contributed by atoms with Gasteiger partial charge in [-0.2, -0.15) is 0 Å². The molecule has 0 saturated carbocycles. The van der Waals surface area contributed by atoms with Crippen molar-refractivity contribution in [3.63, 3.8) is 0 Å². The molecule has 0 bridgehead atoms. The molecule has 252 valence electrons. The summed E-state index contributed by atoms with van der Waals surface area (Å²) in [4.78, 5) is 6.41. The lowest BCUT2D eigenvalue weighted by molar-refractivity contribution is 0.451. The first-order valence-corrected chi connectivity index (χ1v) is 18.6. The van der Waals surface area contributed by atoms with Crippen molar-refractivity contribution in [1.82, 2.24) is 29.8 Å². The van der Waals surface area contributed by atoms with Crippen LogP contribution in [0.2, 0.25) is 0 Å². The fourth-order valence-electron chi connectivity index (χ4n) is 7.55. The molecule has 5 aromatic carbocycles. The number of rotatable bonds is 11. The molecule has 0 radical (unpaired) electrons. The summed E-state index contributed by atoms with van der Waals surface area (Å²) in [5.74, 6) is 2.27. The van der Waals surface area contributed by atoms with E-state index in [2.05, 4.69) is 157 Å². The van der Waals surface area contributed by atoms with Gasteiger partial charge in [-0.15, -0.1) is 16.4 Å². The van der Waals surface area contributed by atoms with E-state index < -0.39 is 5.54 Å². The van der Waals surface area contributed by atoms with Crippen molar-refractivity contribution in [2.75, 3.05) is 0 Å². The highest BCUT2D eigenvalue weighted by molar-refractivity contribution is 7.11. The van der Waals surface area contributed by atoms with Crippen LogP contribution in [0.15, 0.2) is 145 Å². The number of nitrogens with zero attached hydrogens (tertiary/aromatic N) is 6. The molecule has 6 nitrogen and oxygen atoms in total. The average molecular weight is 685 g/mol. The van der Waals surface area contributed by atoms with Crippen LogP contribution in [0.1, 0.15) is 65.6 Å². The van der Waals surface area contributed by atoms with Crippen LogP contribution in [0.4, 0.5) is 0 Å². The second-order valence-corrected chi connectivity index (χ2v) is 14.3. The molecule has 8 aromatic rings. The fourth-order valence-corrected chi connectivity index (χ4v) is 8.34. The molecule has 7 heteroatoms. The molecule has 1 atom stereocenters. The van der Waals surface area contributed by atoms with Gasteiger partial charge in [-0.25, -0.2) is 9.67 Å². The van der Waals surface area contributed by atoms with Gasteiger partial charge in [0.15, 0.2) is 5.82 Å². The predicted octanol–water partition coefficient (Wildman–Crippen LogP) is 10.5. The topological polar surface area (TPSA) is 61.4 Å². The Labute approximate surface area is 303 Å². The minimum atomic E-state index is -0.831. The van der Waals surface area contributed by atoms with Crippen LogP contribution in [-0.4, -0.2) is 29.8 Å². The van der Waals surface area contributed by atoms with Crippen molar-refractivity contribution < 1.29 is 0 Å². The molecule has 0 amide bonds. The average Bonchev–Trinajstić information content (AvgIpc) is 3.91. The molecule has 1 unspecified atom stereocenters. The van der Waals surface area contributed by atoms with Gasteiger partial charge in [0.25, 0.3) is 0 Å². The van der Waals surface area contributed by atoms with Gasteiger partial charge in [-0.3, -0.25) is 0 Å². The van der Waals surface area contributed by atoms with E-state index in [1.807, 2.05) is 22.9 Å². The monoisotopic (exact) mass is 684 g/mol. The van der Waals surface area contributed by atoms with Crippen LogP contribution in [0.25, 0.3) is 33.5 Å². The standard InChI is InChI=1S/C44H40N6S/c1-4-16-31(2)42-45-41-32(3)51-30-40(41)49(42)29-33-25-27-34(28-26-33)38-23-14-15-24-39(38)43-46-47-48-50(43)44(35-17-8-5-9-18-35,36-19-10-6-11-20-36)37-21-12-7-13-22-37/h5-15,17-28,30-31H,4,16,29H2,1-3H3. The van der Waals surface area contributed by atoms with Crippen LogP contribution < -0.4 is 0 Å². The molecule has 3 aromatic heterocycles. The quantitative estimate of drug-likeness (QED) is 0.127. The minimum Gasteiger partial charge on any atom is -0.323 e. The van der Waals surface area contributed by atoms with Crippen molar-refractivity contribution in [1.29, 1.82) is 0 Å². The molecule has 0 aliphatic heterocycles. The lowest BCUT2D eigenvalue weighted by Crippen LogP contribution is -2.39. The number of benzene rings is 5. The normalized spacial score (nSPS) is 12.4. The first kappa shape index (κ1) is 32.5. The number of aryl methyl sites for hydroxylation is 1. The Morgan fingerprint density at radius 3 is 1.86 bits per heavy atom. The number of hydrogen-bond donors (Lipinski definition) is 0. The van der Waals surface area contributed by atoms with Gasteiger partial charge < -0.3 is 4.57 Å². The third-order valence-corrected chi connectivity index (χ3v) is 10.9. The Hall–Kier alpha value is -5.66. The number of hydrogen-bond acceptors (Lipinski definition) is 5. The minimum absolute atomic E-state index is 0.402. The number of tetrazole rings is 1. The van der Waals surface area contributed by atoms with Gasteiger partial charge in [-0.1, -0.05) is 160 Å². The molecule has 0 aliphatic carbocycles. The van der Waals surface area contributed by atoms with E-state index in [9.17, 15) is 0 Å². The second-order valence-electron chi connectivity index (χ2n) is 13.2. The molecule has 0 spiro atoms. The van der Waals surface area contributed by atoms with Gasteiger partial charge >= 0.3 is 0 Å². The number of imidazole rings is 1. The van der Waals surface area contributed by atoms with E-state index in [1.165, 1.54) is 21.8 Å². The maximum atomic E-state index is 5.14. The zero-order valence-electron chi connectivity index (χ0n) is 29.1. The molecular weight excluding hydrogens is 645 g/mol. The summed E-state index contributed by atoms with van der Waals surface area (Å²) in [5, 5.41) is 16.1. The van der Waals surface area contributed by atoms with E-state index in [0.717, 1.165) is 58.3 Å². The van der Waals surface area contributed by atoms with Gasteiger partial charge in [0.2, 0.25) is 0 Å². The van der Waals surface area contributed by atoms with Crippen molar-refractivity contribution in [2.24, 2.45) is 0 Å². The van der Waals surface area contributed by atoms with Crippen LogP contribution in [0.5, 0.6) is 0 Å². The Kier molecular flexibility index (Phi) is 8.88. The predicted molar refractivity (Wildman–Crippen MR) is 208 cm³/mol. The Bertz CT molecular complexity index is 2280. The molecule has 0 saturated heterocycles. The van der Waals surface area contributed by atoms with E-state index in [0.29, 0.717) is 11.7 Å².